The summed E-state index contributed by atoms with van der Waals surface area (Å²) >= 11 is 5.53. The molecule has 0 atom stereocenters. The molecule has 0 aromatic carbocycles. The topological polar surface area (TPSA) is 78.3 Å². The lowest BCUT2D eigenvalue weighted by molar-refractivity contribution is -0.0500. The van der Waals surface area contributed by atoms with E-state index in [0.29, 0.717) is 6.20 Å². The Hall–Kier alpha value is -1.29. The second kappa shape index (κ2) is 4.92. The Morgan fingerprint density at radius 1 is 1.30 bits per heavy atom. The SMILES string of the molecule is CC(C)(C)n1ncc(OS(=O)(=O)C(F)(F)F)c(Cl)c1=O. The second-order valence-corrected chi connectivity index (χ2v) is 6.61. The minimum absolute atomic E-state index is 0.637. The van der Waals surface area contributed by atoms with Crippen LogP contribution in [-0.4, -0.2) is 23.7 Å². The Morgan fingerprint density at radius 3 is 2.20 bits per heavy atom. The summed E-state index contributed by atoms with van der Waals surface area (Å²) in [6, 6.07) is 0. The van der Waals surface area contributed by atoms with E-state index >= 15 is 0 Å². The molecule has 0 amide bonds. The molecule has 1 aromatic heterocycles. The van der Waals surface area contributed by atoms with Gasteiger partial charge in [-0.1, -0.05) is 11.6 Å². The van der Waals surface area contributed by atoms with Crippen LogP contribution < -0.4 is 9.74 Å². The van der Waals surface area contributed by atoms with Gasteiger partial charge in [-0.3, -0.25) is 4.79 Å². The van der Waals surface area contributed by atoms with Gasteiger partial charge in [0.2, 0.25) is 0 Å². The number of nitrogens with zero attached hydrogens (tertiary/aromatic N) is 2. The summed E-state index contributed by atoms with van der Waals surface area (Å²) in [6.07, 6.45) is 0.637. The summed E-state index contributed by atoms with van der Waals surface area (Å²) in [7, 11) is -5.91. The van der Waals surface area contributed by atoms with Gasteiger partial charge < -0.3 is 4.18 Å². The molecule has 20 heavy (non-hydrogen) atoms. The Kier molecular flexibility index (Phi) is 4.12. The summed E-state index contributed by atoms with van der Waals surface area (Å²) in [5.74, 6) is -0.977. The Labute approximate surface area is 117 Å². The zero-order valence-corrected chi connectivity index (χ0v) is 12.1. The van der Waals surface area contributed by atoms with Crippen molar-refractivity contribution in [3.63, 3.8) is 0 Å². The molecule has 0 aliphatic carbocycles. The van der Waals surface area contributed by atoms with Crippen molar-refractivity contribution in [2.75, 3.05) is 0 Å². The van der Waals surface area contributed by atoms with E-state index in [0.717, 1.165) is 4.68 Å². The fourth-order valence-corrected chi connectivity index (χ4v) is 1.79. The summed E-state index contributed by atoms with van der Waals surface area (Å²) in [4.78, 5) is 11.8. The molecule has 0 N–H and O–H groups in total. The van der Waals surface area contributed by atoms with Crippen molar-refractivity contribution in [3.8, 4) is 5.75 Å². The third kappa shape index (κ3) is 3.23. The Bertz CT molecular complexity index is 676. The van der Waals surface area contributed by atoms with Crippen LogP contribution in [0.5, 0.6) is 5.75 Å². The number of aromatic nitrogens is 2. The Balaban J connectivity index is 3.33. The van der Waals surface area contributed by atoms with Crippen LogP contribution >= 0.6 is 11.6 Å². The van der Waals surface area contributed by atoms with Crippen molar-refractivity contribution < 1.29 is 25.8 Å². The average Bonchev–Trinajstić information content (AvgIpc) is 2.21. The minimum atomic E-state index is -5.91. The van der Waals surface area contributed by atoms with Gasteiger partial charge in [0.25, 0.3) is 5.56 Å². The highest BCUT2D eigenvalue weighted by Gasteiger charge is 2.49. The van der Waals surface area contributed by atoms with Crippen molar-refractivity contribution in [1.29, 1.82) is 0 Å². The van der Waals surface area contributed by atoms with E-state index in [2.05, 4.69) is 9.28 Å². The van der Waals surface area contributed by atoms with Gasteiger partial charge in [-0.15, -0.1) is 0 Å². The molecule has 0 unspecified atom stereocenters. The van der Waals surface area contributed by atoms with E-state index in [1.54, 1.807) is 20.8 Å². The number of halogens is 4. The molecule has 11 heteroatoms. The van der Waals surface area contributed by atoms with Crippen LogP contribution in [0.2, 0.25) is 5.02 Å². The van der Waals surface area contributed by atoms with Gasteiger partial charge >= 0.3 is 15.6 Å². The van der Waals surface area contributed by atoms with E-state index in [-0.39, 0.29) is 0 Å². The molecular weight excluding hydrogens is 325 g/mol. The van der Waals surface area contributed by atoms with E-state index in [4.69, 9.17) is 11.6 Å². The average molecular weight is 335 g/mol. The molecule has 114 valence electrons. The Morgan fingerprint density at radius 2 is 1.80 bits per heavy atom. The summed E-state index contributed by atoms with van der Waals surface area (Å²) in [5.41, 5.74) is -7.38. The van der Waals surface area contributed by atoms with Crippen molar-refractivity contribution >= 4 is 21.7 Å². The van der Waals surface area contributed by atoms with Crippen molar-refractivity contribution in [3.05, 3.63) is 21.6 Å². The lowest BCUT2D eigenvalue weighted by Gasteiger charge is -2.21. The van der Waals surface area contributed by atoms with Crippen LogP contribution in [0, 0.1) is 0 Å². The van der Waals surface area contributed by atoms with Crippen LogP contribution in [0.15, 0.2) is 11.0 Å². The van der Waals surface area contributed by atoms with E-state index in [1.165, 1.54) is 0 Å². The summed E-state index contributed by atoms with van der Waals surface area (Å²) in [5, 5.41) is 2.74. The standard InChI is InChI=1S/C9H10ClF3N2O4S/c1-8(2,3)15-7(16)6(10)5(4-14-15)19-20(17,18)9(11,12)13/h4H,1-3H3. The van der Waals surface area contributed by atoms with Crippen LogP contribution in [0.1, 0.15) is 20.8 Å². The number of hydrogen-bond acceptors (Lipinski definition) is 5. The summed E-state index contributed by atoms with van der Waals surface area (Å²) < 4.78 is 62.8. The zero-order valence-electron chi connectivity index (χ0n) is 10.5. The molecule has 0 saturated heterocycles. The molecule has 0 aliphatic heterocycles. The van der Waals surface area contributed by atoms with Gasteiger partial charge in [-0.25, -0.2) is 4.68 Å². The highest BCUT2D eigenvalue weighted by atomic mass is 35.5. The largest absolute Gasteiger partial charge is 0.534 e. The van der Waals surface area contributed by atoms with Gasteiger partial charge in [0.15, 0.2) is 10.8 Å². The normalized spacial score (nSPS) is 13.3. The van der Waals surface area contributed by atoms with Crippen LogP contribution in [-0.2, 0) is 15.7 Å². The molecule has 0 spiro atoms. The fourth-order valence-electron chi connectivity index (χ4n) is 1.12. The van der Waals surface area contributed by atoms with E-state index in [1.807, 2.05) is 0 Å². The molecule has 1 rings (SSSR count). The van der Waals surface area contributed by atoms with Gasteiger partial charge in [-0.05, 0) is 20.8 Å². The smallest absolute Gasteiger partial charge is 0.372 e. The number of alkyl halides is 3. The molecule has 1 aromatic rings. The predicted octanol–water partition coefficient (Wildman–Crippen LogP) is 1.88. The van der Waals surface area contributed by atoms with Crippen LogP contribution in [0.3, 0.4) is 0 Å². The van der Waals surface area contributed by atoms with Gasteiger partial charge in [0, 0.05) is 0 Å². The molecule has 1 heterocycles. The van der Waals surface area contributed by atoms with Crippen molar-refractivity contribution in [2.45, 2.75) is 31.8 Å². The third-order valence-electron chi connectivity index (χ3n) is 2.01. The quantitative estimate of drug-likeness (QED) is 0.609. The van der Waals surface area contributed by atoms with E-state index < -0.39 is 37.5 Å². The van der Waals surface area contributed by atoms with Crippen molar-refractivity contribution in [2.24, 2.45) is 0 Å². The summed E-state index contributed by atoms with van der Waals surface area (Å²) in [6.45, 7) is 4.81. The first-order valence-corrected chi connectivity index (χ1v) is 6.85. The maximum atomic E-state index is 12.2. The highest BCUT2D eigenvalue weighted by molar-refractivity contribution is 7.88. The van der Waals surface area contributed by atoms with Crippen molar-refractivity contribution in [1.82, 2.24) is 9.78 Å². The first kappa shape index (κ1) is 16.8. The third-order valence-corrected chi connectivity index (χ3v) is 3.32. The fraction of sp³-hybridized carbons (Fsp3) is 0.556. The molecule has 0 fully saturated rings. The number of hydrogen-bond donors (Lipinski definition) is 0. The molecule has 0 aliphatic rings. The van der Waals surface area contributed by atoms with Crippen LogP contribution in [0.25, 0.3) is 0 Å². The molecule has 0 bridgehead atoms. The van der Waals surface area contributed by atoms with E-state index in [9.17, 15) is 26.4 Å². The lowest BCUT2D eigenvalue weighted by Crippen LogP contribution is -2.36. The minimum Gasteiger partial charge on any atom is -0.372 e. The maximum absolute atomic E-state index is 12.2. The monoisotopic (exact) mass is 334 g/mol. The lowest BCUT2D eigenvalue weighted by atomic mass is 10.1. The second-order valence-electron chi connectivity index (χ2n) is 4.69. The maximum Gasteiger partial charge on any atom is 0.534 e. The molecule has 6 nitrogen and oxygen atoms in total. The molecule has 0 radical (unpaired) electrons. The first-order chi connectivity index (χ1) is 8.77. The highest BCUT2D eigenvalue weighted by Crippen LogP contribution is 2.29. The van der Waals surface area contributed by atoms with Gasteiger partial charge in [-0.2, -0.15) is 26.7 Å². The van der Waals surface area contributed by atoms with Gasteiger partial charge in [0.1, 0.15) is 0 Å². The predicted molar refractivity (Wildman–Crippen MR) is 64.1 cm³/mol. The van der Waals surface area contributed by atoms with Crippen LogP contribution in [0.4, 0.5) is 13.2 Å². The number of rotatable bonds is 2. The molecular formula is C9H10ClF3N2O4S. The van der Waals surface area contributed by atoms with Gasteiger partial charge in [0.05, 0.1) is 11.7 Å². The molecule has 0 saturated carbocycles. The zero-order chi connectivity index (χ0) is 15.9. The first-order valence-electron chi connectivity index (χ1n) is 5.06.